The van der Waals surface area contributed by atoms with Crippen LogP contribution in [0.15, 0.2) is 18.2 Å². The van der Waals surface area contributed by atoms with E-state index in [-0.39, 0.29) is 11.7 Å². The van der Waals surface area contributed by atoms with Gasteiger partial charge < -0.3 is 4.90 Å². The second-order valence-corrected chi connectivity index (χ2v) is 5.30. The Morgan fingerprint density at radius 3 is 2.67 bits per heavy atom. The van der Waals surface area contributed by atoms with Gasteiger partial charge >= 0.3 is 0 Å². The molecule has 0 aliphatic heterocycles. The number of benzene rings is 1. The molecular formula is C15H20FNO. The third-order valence-corrected chi connectivity index (χ3v) is 3.77. The second kappa shape index (κ2) is 5.51. The first kappa shape index (κ1) is 13.1. The lowest BCUT2D eigenvalue weighted by Crippen LogP contribution is -2.31. The van der Waals surface area contributed by atoms with Gasteiger partial charge in [-0.3, -0.25) is 4.79 Å². The topological polar surface area (TPSA) is 20.3 Å². The van der Waals surface area contributed by atoms with Gasteiger partial charge in [-0.1, -0.05) is 12.8 Å². The van der Waals surface area contributed by atoms with E-state index in [0.29, 0.717) is 17.0 Å². The van der Waals surface area contributed by atoms with Crippen LogP contribution in [-0.4, -0.2) is 24.4 Å². The molecule has 1 aromatic rings. The number of hydrogen-bond donors (Lipinski definition) is 0. The summed E-state index contributed by atoms with van der Waals surface area (Å²) in [6.45, 7) is 2.59. The number of amides is 1. The highest BCUT2D eigenvalue weighted by Crippen LogP contribution is 2.25. The van der Waals surface area contributed by atoms with Crippen molar-refractivity contribution in [1.82, 2.24) is 4.90 Å². The zero-order chi connectivity index (χ0) is 13.1. The van der Waals surface area contributed by atoms with Crippen molar-refractivity contribution in [3.8, 4) is 0 Å². The highest BCUT2D eigenvalue weighted by molar-refractivity contribution is 5.95. The molecule has 1 aliphatic rings. The van der Waals surface area contributed by atoms with Gasteiger partial charge in [0.15, 0.2) is 0 Å². The van der Waals surface area contributed by atoms with Gasteiger partial charge in [-0.25, -0.2) is 4.39 Å². The second-order valence-electron chi connectivity index (χ2n) is 5.30. The molecule has 2 rings (SSSR count). The van der Waals surface area contributed by atoms with Gasteiger partial charge in [0.1, 0.15) is 5.82 Å². The Kier molecular flexibility index (Phi) is 4.00. The molecule has 1 saturated carbocycles. The summed E-state index contributed by atoms with van der Waals surface area (Å²) < 4.78 is 13.0. The van der Waals surface area contributed by atoms with Crippen molar-refractivity contribution in [1.29, 1.82) is 0 Å². The van der Waals surface area contributed by atoms with E-state index in [9.17, 15) is 9.18 Å². The lowest BCUT2D eigenvalue weighted by atomic mass is 10.1. The van der Waals surface area contributed by atoms with Crippen LogP contribution >= 0.6 is 0 Å². The zero-order valence-electron chi connectivity index (χ0n) is 11.1. The van der Waals surface area contributed by atoms with Gasteiger partial charge in [0.2, 0.25) is 0 Å². The van der Waals surface area contributed by atoms with Crippen molar-refractivity contribution in [2.24, 2.45) is 5.92 Å². The molecule has 1 fully saturated rings. The summed E-state index contributed by atoms with van der Waals surface area (Å²) in [5, 5.41) is 0. The molecule has 0 radical (unpaired) electrons. The van der Waals surface area contributed by atoms with E-state index in [1.165, 1.54) is 37.8 Å². The SMILES string of the molecule is Cc1cc(F)ccc1C(=O)N(C)CC1CCCC1. The number of carbonyl (C=O) groups excluding carboxylic acids is 1. The Morgan fingerprint density at radius 2 is 2.06 bits per heavy atom. The summed E-state index contributed by atoms with van der Waals surface area (Å²) in [4.78, 5) is 14.0. The predicted octanol–water partition coefficient (Wildman–Crippen LogP) is 3.40. The van der Waals surface area contributed by atoms with E-state index in [0.717, 1.165) is 6.54 Å². The van der Waals surface area contributed by atoms with E-state index in [1.807, 2.05) is 7.05 Å². The van der Waals surface area contributed by atoms with Crippen LogP contribution < -0.4 is 0 Å². The molecule has 1 aromatic carbocycles. The number of carbonyl (C=O) groups is 1. The van der Waals surface area contributed by atoms with Crippen LogP contribution in [0.5, 0.6) is 0 Å². The van der Waals surface area contributed by atoms with E-state index in [1.54, 1.807) is 17.9 Å². The highest BCUT2D eigenvalue weighted by Gasteiger charge is 2.21. The minimum absolute atomic E-state index is 0.000556. The van der Waals surface area contributed by atoms with Crippen LogP contribution in [0.3, 0.4) is 0 Å². The monoisotopic (exact) mass is 249 g/mol. The largest absolute Gasteiger partial charge is 0.341 e. The molecule has 0 spiro atoms. The Labute approximate surface area is 108 Å². The summed E-state index contributed by atoms with van der Waals surface area (Å²) >= 11 is 0. The molecule has 0 unspecified atom stereocenters. The maximum absolute atomic E-state index is 13.0. The lowest BCUT2D eigenvalue weighted by Gasteiger charge is -2.22. The number of rotatable bonds is 3. The lowest BCUT2D eigenvalue weighted by molar-refractivity contribution is 0.0772. The zero-order valence-corrected chi connectivity index (χ0v) is 11.1. The molecule has 0 atom stereocenters. The van der Waals surface area contributed by atoms with Crippen molar-refractivity contribution >= 4 is 5.91 Å². The van der Waals surface area contributed by atoms with Crippen LogP contribution in [0.25, 0.3) is 0 Å². The Balaban J connectivity index is 2.05. The maximum Gasteiger partial charge on any atom is 0.253 e. The molecule has 0 N–H and O–H groups in total. The molecule has 0 heterocycles. The smallest absolute Gasteiger partial charge is 0.253 e. The van der Waals surface area contributed by atoms with Gasteiger partial charge in [0.25, 0.3) is 5.91 Å². The maximum atomic E-state index is 13.0. The van der Waals surface area contributed by atoms with Crippen molar-refractivity contribution in [3.05, 3.63) is 35.1 Å². The number of halogens is 1. The van der Waals surface area contributed by atoms with Crippen molar-refractivity contribution in [2.45, 2.75) is 32.6 Å². The van der Waals surface area contributed by atoms with E-state index in [4.69, 9.17) is 0 Å². The minimum Gasteiger partial charge on any atom is -0.341 e. The molecule has 0 saturated heterocycles. The van der Waals surface area contributed by atoms with Gasteiger partial charge in [0, 0.05) is 19.2 Å². The summed E-state index contributed by atoms with van der Waals surface area (Å²) in [5.74, 6) is 0.349. The van der Waals surface area contributed by atoms with E-state index < -0.39 is 0 Å². The third kappa shape index (κ3) is 2.89. The van der Waals surface area contributed by atoms with Gasteiger partial charge in [-0.15, -0.1) is 0 Å². The molecule has 1 aliphatic carbocycles. The van der Waals surface area contributed by atoms with Crippen molar-refractivity contribution in [2.75, 3.05) is 13.6 Å². The van der Waals surface area contributed by atoms with Crippen LogP contribution in [0.1, 0.15) is 41.6 Å². The average Bonchev–Trinajstić information content (AvgIpc) is 2.81. The van der Waals surface area contributed by atoms with Crippen molar-refractivity contribution < 1.29 is 9.18 Å². The van der Waals surface area contributed by atoms with Gasteiger partial charge in [-0.2, -0.15) is 0 Å². The first-order valence-electron chi connectivity index (χ1n) is 6.59. The van der Waals surface area contributed by atoms with Gasteiger partial charge in [-0.05, 0) is 49.4 Å². The number of hydrogen-bond acceptors (Lipinski definition) is 1. The average molecular weight is 249 g/mol. The molecular weight excluding hydrogens is 229 g/mol. The normalized spacial score (nSPS) is 15.9. The van der Waals surface area contributed by atoms with Crippen LogP contribution in [0, 0.1) is 18.7 Å². The van der Waals surface area contributed by atoms with Crippen molar-refractivity contribution in [3.63, 3.8) is 0 Å². The standard InChI is InChI=1S/C15H20FNO/c1-11-9-13(16)7-8-14(11)15(18)17(2)10-12-5-3-4-6-12/h7-9,12H,3-6,10H2,1-2H3. The van der Waals surface area contributed by atoms with Crippen LogP contribution in [0.4, 0.5) is 4.39 Å². The quantitative estimate of drug-likeness (QED) is 0.804. The number of nitrogens with zero attached hydrogens (tertiary/aromatic N) is 1. The molecule has 2 nitrogen and oxygen atoms in total. The van der Waals surface area contributed by atoms with Crippen LogP contribution in [-0.2, 0) is 0 Å². The van der Waals surface area contributed by atoms with Gasteiger partial charge in [0.05, 0.1) is 0 Å². The number of aryl methyl sites for hydroxylation is 1. The molecule has 98 valence electrons. The first-order valence-corrected chi connectivity index (χ1v) is 6.59. The molecule has 18 heavy (non-hydrogen) atoms. The molecule has 0 bridgehead atoms. The fraction of sp³-hybridized carbons (Fsp3) is 0.533. The van der Waals surface area contributed by atoms with E-state index in [2.05, 4.69) is 0 Å². The Bertz CT molecular complexity index is 438. The fourth-order valence-corrected chi connectivity index (χ4v) is 2.74. The molecule has 1 amide bonds. The third-order valence-electron chi connectivity index (χ3n) is 3.77. The predicted molar refractivity (Wildman–Crippen MR) is 70.1 cm³/mol. The first-order chi connectivity index (χ1) is 8.58. The summed E-state index contributed by atoms with van der Waals surface area (Å²) in [5.41, 5.74) is 1.31. The Morgan fingerprint density at radius 1 is 1.39 bits per heavy atom. The highest BCUT2D eigenvalue weighted by atomic mass is 19.1. The van der Waals surface area contributed by atoms with E-state index >= 15 is 0 Å². The molecule has 3 heteroatoms. The summed E-state index contributed by atoms with van der Waals surface area (Å²) in [7, 11) is 1.84. The molecule has 0 aromatic heterocycles. The fourth-order valence-electron chi connectivity index (χ4n) is 2.74. The van der Waals surface area contributed by atoms with Crippen LogP contribution in [0.2, 0.25) is 0 Å². The summed E-state index contributed by atoms with van der Waals surface area (Å²) in [6, 6.07) is 4.35. The minimum atomic E-state index is -0.289. The summed E-state index contributed by atoms with van der Waals surface area (Å²) in [6.07, 6.45) is 5.00. The Hall–Kier alpha value is -1.38.